The summed E-state index contributed by atoms with van der Waals surface area (Å²) < 4.78 is 27.7. The molecule has 0 fully saturated rings. The van der Waals surface area contributed by atoms with Crippen LogP contribution < -0.4 is 4.72 Å². The van der Waals surface area contributed by atoms with Gasteiger partial charge in [0.2, 0.25) is 0 Å². The Morgan fingerprint density at radius 3 is 2.18 bits per heavy atom. The second-order valence-corrected chi connectivity index (χ2v) is 7.17. The largest absolute Gasteiger partial charge is 0.280 e. The highest BCUT2D eigenvalue weighted by molar-refractivity contribution is 7.92. The summed E-state index contributed by atoms with van der Waals surface area (Å²) in [7, 11) is -3.72. The fraction of sp³-hybridized carbons (Fsp3) is 0.188. The number of halogens is 1. The lowest BCUT2D eigenvalue weighted by Gasteiger charge is -2.14. The predicted molar refractivity (Wildman–Crippen MR) is 87.6 cm³/mol. The highest BCUT2D eigenvalue weighted by atomic mass is 35.5. The quantitative estimate of drug-likeness (QED) is 0.924. The second-order valence-electron chi connectivity index (χ2n) is 5.14. The minimum Gasteiger partial charge on any atom is -0.280 e. The normalized spacial score (nSPS) is 11.0. The molecule has 0 saturated carbocycles. The molecule has 2 aromatic rings. The van der Waals surface area contributed by atoms with Gasteiger partial charge in [-0.2, -0.15) is 5.26 Å². The second kappa shape index (κ2) is 5.99. The number of sulfonamides is 1. The van der Waals surface area contributed by atoms with E-state index in [9.17, 15) is 8.42 Å². The smallest absolute Gasteiger partial charge is 0.262 e. The Labute approximate surface area is 135 Å². The van der Waals surface area contributed by atoms with Crippen LogP contribution >= 0.6 is 11.6 Å². The van der Waals surface area contributed by atoms with Crippen LogP contribution in [0.2, 0.25) is 5.02 Å². The van der Waals surface area contributed by atoms with Gasteiger partial charge in [0.25, 0.3) is 10.0 Å². The fourth-order valence-electron chi connectivity index (χ4n) is 2.47. The van der Waals surface area contributed by atoms with Gasteiger partial charge in [0, 0.05) is 0 Å². The predicted octanol–water partition coefficient (Wildman–Crippen LogP) is 3.94. The highest BCUT2D eigenvalue weighted by Crippen LogP contribution is 2.26. The van der Waals surface area contributed by atoms with Gasteiger partial charge in [0.05, 0.1) is 21.2 Å². The Balaban J connectivity index is 2.45. The maximum Gasteiger partial charge on any atom is 0.262 e. The molecular formula is C16H15ClN2O2S. The summed E-state index contributed by atoms with van der Waals surface area (Å²) in [6.45, 7) is 5.45. The number of nitrogens with one attached hydrogen (secondary N) is 1. The number of aryl methyl sites for hydroxylation is 3. The molecule has 0 aliphatic rings. The summed E-state index contributed by atoms with van der Waals surface area (Å²) in [6.07, 6.45) is 0. The fourth-order valence-corrected chi connectivity index (χ4v) is 4.19. The van der Waals surface area contributed by atoms with Crippen LogP contribution in [0.4, 0.5) is 5.69 Å². The molecule has 4 nitrogen and oxygen atoms in total. The number of hydrogen-bond donors (Lipinski definition) is 1. The minimum absolute atomic E-state index is 0.208. The van der Waals surface area contributed by atoms with Gasteiger partial charge in [-0.25, -0.2) is 8.42 Å². The van der Waals surface area contributed by atoms with Crippen molar-refractivity contribution in [3.8, 4) is 6.07 Å². The van der Waals surface area contributed by atoms with Crippen LogP contribution in [-0.4, -0.2) is 8.42 Å². The average Bonchev–Trinajstić information content (AvgIpc) is 2.36. The van der Waals surface area contributed by atoms with Crippen molar-refractivity contribution in [1.29, 1.82) is 5.26 Å². The maximum absolute atomic E-state index is 12.6. The molecule has 0 spiro atoms. The van der Waals surface area contributed by atoms with Crippen molar-refractivity contribution in [1.82, 2.24) is 0 Å². The first-order chi connectivity index (χ1) is 10.2. The topological polar surface area (TPSA) is 70.0 Å². The van der Waals surface area contributed by atoms with Gasteiger partial charge in [-0.3, -0.25) is 4.72 Å². The Morgan fingerprint density at radius 2 is 1.68 bits per heavy atom. The van der Waals surface area contributed by atoms with Gasteiger partial charge >= 0.3 is 0 Å². The number of benzene rings is 2. The number of hydrogen-bond acceptors (Lipinski definition) is 3. The third-order valence-electron chi connectivity index (χ3n) is 3.22. The molecule has 6 heteroatoms. The van der Waals surface area contributed by atoms with E-state index < -0.39 is 10.0 Å². The first-order valence-electron chi connectivity index (χ1n) is 6.55. The van der Waals surface area contributed by atoms with Crippen LogP contribution in [0.15, 0.2) is 35.2 Å². The SMILES string of the molecule is Cc1cc(C)c(S(=O)(=O)Nc2ccc(C#N)c(Cl)c2)c(C)c1. The summed E-state index contributed by atoms with van der Waals surface area (Å²) in [6, 6.07) is 10.0. The van der Waals surface area contributed by atoms with Gasteiger partial charge in [-0.1, -0.05) is 29.3 Å². The van der Waals surface area contributed by atoms with Gasteiger partial charge in [-0.05, 0) is 50.1 Å². The van der Waals surface area contributed by atoms with Gasteiger partial charge in [-0.15, -0.1) is 0 Å². The van der Waals surface area contributed by atoms with E-state index in [1.165, 1.54) is 18.2 Å². The van der Waals surface area contributed by atoms with Crippen molar-refractivity contribution in [3.05, 3.63) is 57.6 Å². The van der Waals surface area contributed by atoms with Crippen LogP contribution in [0, 0.1) is 32.1 Å². The molecule has 0 aliphatic heterocycles. The summed E-state index contributed by atoms with van der Waals surface area (Å²) >= 11 is 5.93. The van der Waals surface area contributed by atoms with Crippen molar-refractivity contribution in [2.45, 2.75) is 25.7 Å². The van der Waals surface area contributed by atoms with Crippen LogP contribution in [0.3, 0.4) is 0 Å². The summed E-state index contributed by atoms with van der Waals surface area (Å²) in [5, 5.41) is 9.05. The molecule has 114 valence electrons. The van der Waals surface area contributed by atoms with Gasteiger partial charge < -0.3 is 0 Å². The molecular weight excluding hydrogens is 320 g/mol. The molecule has 2 aromatic carbocycles. The number of nitrogens with zero attached hydrogens (tertiary/aromatic N) is 1. The van der Waals surface area contributed by atoms with E-state index in [4.69, 9.17) is 16.9 Å². The molecule has 0 radical (unpaired) electrons. The zero-order chi connectivity index (χ0) is 16.5. The highest BCUT2D eigenvalue weighted by Gasteiger charge is 2.20. The van der Waals surface area contributed by atoms with Crippen molar-refractivity contribution in [3.63, 3.8) is 0 Å². The number of anilines is 1. The molecule has 0 heterocycles. The van der Waals surface area contributed by atoms with Crippen LogP contribution in [-0.2, 0) is 10.0 Å². The molecule has 2 rings (SSSR count). The summed E-state index contributed by atoms with van der Waals surface area (Å²) in [4.78, 5) is 0.263. The lowest BCUT2D eigenvalue weighted by molar-refractivity contribution is 0.600. The van der Waals surface area contributed by atoms with Crippen molar-refractivity contribution in [2.75, 3.05) is 4.72 Å². The molecule has 22 heavy (non-hydrogen) atoms. The van der Waals surface area contributed by atoms with Crippen LogP contribution in [0.1, 0.15) is 22.3 Å². The zero-order valence-corrected chi connectivity index (χ0v) is 14.0. The molecule has 0 atom stereocenters. The maximum atomic E-state index is 12.6. The van der Waals surface area contributed by atoms with E-state index in [0.717, 1.165) is 5.56 Å². The first-order valence-corrected chi connectivity index (χ1v) is 8.41. The van der Waals surface area contributed by atoms with Crippen molar-refractivity contribution >= 4 is 27.3 Å². The van der Waals surface area contributed by atoms with Crippen molar-refractivity contribution < 1.29 is 8.42 Å². The Bertz CT molecular complexity index is 860. The van der Waals surface area contributed by atoms with E-state index in [1.807, 2.05) is 25.1 Å². The molecule has 0 amide bonds. The van der Waals surface area contributed by atoms with Gasteiger partial charge in [0.15, 0.2) is 0 Å². The van der Waals surface area contributed by atoms with E-state index in [1.54, 1.807) is 13.8 Å². The Morgan fingerprint density at radius 1 is 1.09 bits per heavy atom. The van der Waals surface area contributed by atoms with E-state index in [2.05, 4.69) is 4.72 Å². The monoisotopic (exact) mass is 334 g/mol. The molecule has 0 aromatic heterocycles. The summed E-state index contributed by atoms with van der Waals surface area (Å²) in [5.74, 6) is 0. The summed E-state index contributed by atoms with van der Waals surface area (Å²) in [5.41, 5.74) is 3.00. The van der Waals surface area contributed by atoms with Crippen molar-refractivity contribution in [2.24, 2.45) is 0 Å². The number of rotatable bonds is 3. The van der Waals surface area contributed by atoms with Crippen LogP contribution in [0.5, 0.6) is 0 Å². The minimum atomic E-state index is -3.72. The molecule has 0 bridgehead atoms. The van der Waals surface area contributed by atoms with E-state index in [-0.39, 0.29) is 9.92 Å². The third kappa shape index (κ3) is 3.24. The molecule has 1 N–H and O–H groups in total. The van der Waals surface area contributed by atoms with E-state index in [0.29, 0.717) is 22.4 Å². The molecule has 0 saturated heterocycles. The lowest BCUT2D eigenvalue weighted by atomic mass is 10.1. The number of nitriles is 1. The standard InChI is InChI=1S/C16H15ClN2O2S/c1-10-6-11(2)16(12(3)7-10)22(20,21)19-14-5-4-13(9-18)15(17)8-14/h4-8,19H,1-3H3. The molecule has 0 unspecified atom stereocenters. The Kier molecular flexibility index (Phi) is 4.45. The van der Waals surface area contributed by atoms with Gasteiger partial charge in [0.1, 0.15) is 6.07 Å². The molecule has 0 aliphatic carbocycles. The average molecular weight is 335 g/mol. The zero-order valence-electron chi connectivity index (χ0n) is 12.4. The van der Waals surface area contributed by atoms with E-state index >= 15 is 0 Å². The third-order valence-corrected chi connectivity index (χ3v) is 5.21. The lowest BCUT2D eigenvalue weighted by Crippen LogP contribution is -2.16. The first kappa shape index (κ1) is 16.3. The van der Waals surface area contributed by atoms with Crippen LogP contribution in [0.25, 0.3) is 0 Å². The Hall–Kier alpha value is -2.03.